The van der Waals surface area contributed by atoms with Crippen LogP contribution in [0.25, 0.3) is 0 Å². The molecular weight excluding hydrogens is 479 g/mol. The van der Waals surface area contributed by atoms with Crippen molar-refractivity contribution in [3.8, 4) is 0 Å². The smallest absolute Gasteiger partial charge is 0.251 e. The van der Waals surface area contributed by atoms with Crippen LogP contribution >= 0.6 is 24.0 Å². The fraction of sp³-hybridized carbons (Fsp3) is 0.364. The average Bonchev–Trinajstić information content (AvgIpc) is 2.75. The number of rotatable bonds is 9. The Kier molecular flexibility index (Phi) is 12.0. The highest BCUT2D eigenvalue weighted by Crippen LogP contribution is 2.15. The summed E-state index contributed by atoms with van der Waals surface area (Å²) in [5.41, 5.74) is 2.92. The Labute approximate surface area is 190 Å². The Hall–Kier alpha value is -2.13. The van der Waals surface area contributed by atoms with E-state index in [1.54, 1.807) is 14.1 Å². The summed E-state index contributed by atoms with van der Waals surface area (Å²) in [6.45, 7) is 4.16. The maximum absolute atomic E-state index is 11.6. The van der Waals surface area contributed by atoms with E-state index in [-0.39, 0.29) is 36.0 Å². The summed E-state index contributed by atoms with van der Waals surface area (Å²) in [5, 5.41) is 9.17. The monoisotopic (exact) mass is 510 g/mol. The second-order valence-corrected chi connectivity index (χ2v) is 6.41. The molecule has 0 aliphatic rings. The van der Waals surface area contributed by atoms with E-state index in [1.165, 1.54) is 5.56 Å². The van der Waals surface area contributed by atoms with E-state index in [2.05, 4.69) is 40.0 Å². The molecule has 0 aliphatic carbocycles. The summed E-state index contributed by atoms with van der Waals surface area (Å²) in [7, 11) is 3.37. The van der Waals surface area contributed by atoms with Crippen molar-refractivity contribution in [2.24, 2.45) is 4.99 Å². The van der Waals surface area contributed by atoms with Crippen molar-refractivity contribution in [2.45, 2.75) is 26.0 Å². The minimum absolute atomic E-state index is 0. The first-order valence-corrected chi connectivity index (χ1v) is 9.56. The van der Waals surface area contributed by atoms with Crippen LogP contribution in [-0.4, -0.2) is 39.1 Å². The molecule has 1 unspecified atom stereocenters. The van der Waals surface area contributed by atoms with Gasteiger partial charge in [0, 0.05) is 39.4 Å². The number of halogens is 1. The summed E-state index contributed by atoms with van der Waals surface area (Å²) in [5.74, 6) is 0.660. The maximum Gasteiger partial charge on any atom is 0.251 e. The van der Waals surface area contributed by atoms with E-state index < -0.39 is 0 Å². The largest absolute Gasteiger partial charge is 0.374 e. The third-order valence-electron chi connectivity index (χ3n) is 4.38. The zero-order valence-electron chi connectivity index (χ0n) is 17.3. The third kappa shape index (κ3) is 8.82. The highest BCUT2D eigenvalue weighted by Gasteiger charge is 2.05. The molecule has 2 rings (SSSR count). The van der Waals surface area contributed by atoms with Crippen molar-refractivity contribution >= 4 is 35.8 Å². The van der Waals surface area contributed by atoms with Crippen molar-refractivity contribution in [1.82, 2.24) is 16.0 Å². The van der Waals surface area contributed by atoms with Crippen LogP contribution in [0.1, 0.15) is 40.9 Å². The van der Waals surface area contributed by atoms with Crippen LogP contribution in [0.4, 0.5) is 0 Å². The quantitative estimate of drug-likeness (QED) is 0.209. The van der Waals surface area contributed by atoms with Crippen molar-refractivity contribution in [2.75, 3.05) is 27.2 Å². The molecule has 3 N–H and O–H groups in total. The van der Waals surface area contributed by atoms with E-state index in [1.807, 2.05) is 42.5 Å². The van der Waals surface area contributed by atoms with Crippen LogP contribution in [0.3, 0.4) is 0 Å². The Balaban J connectivity index is 0.00000420. The number of carbonyl (C=O) groups is 1. The molecule has 0 aromatic heterocycles. The van der Waals surface area contributed by atoms with Crippen molar-refractivity contribution < 1.29 is 9.53 Å². The molecule has 1 amide bonds. The van der Waals surface area contributed by atoms with Gasteiger partial charge in [0.25, 0.3) is 5.91 Å². The summed E-state index contributed by atoms with van der Waals surface area (Å²) >= 11 is 0. The molecule has 158 valence electrons. The van der Waals surface area contributed by atoms with E-state index >= 15 is 0 Å². The predicted octanol–water partition coefficient (Wildman–Crippen LogP) is 3.50. The molecule has 0 fully saturated rings. The van der Waals surface area contributed by atoms with Gasteiger partial charge in [-0.2, -0.15) is 0 Å². The fourth-order valence-electron chi connectivity index (χ4n) is 2.68. The zero-order chi connectivity index (χ0) is 20.2. The van der Waals surface area contributed by atoms with Crippen molar-refractivity contribution in [1.29, 1.82) is 0 Å². The highest BCUT2D eigenvalue weighted by molar-refractivity contribution is 14.0. The fourth-order valence-corrected chi connectivity index (χ4v) is 2.68. The molecule has 0 aliphatic heterocycles. The number of amides is 1. The highest BCUT2D eigenvalue weighted by atomic mass is 127. The van der Waals surface area contributed by atoms with Gasteiger partial charge in [-0.15, -0.1) is 24.0 Å². The van der Waals surface area contributed by atoms with Gasteiger partial charge in [-0.25, -0.2) is 0 Å². The number of nitrogens with one attached hydrogen (secondary N) is 3. The van der Waals surface area contributed by atoms with Gasteiger partial charge in [0.15, 0.2) is 5.96 Å². The lowest BCUT2D eigenvalue weighted by atomic mass is 10.1. The zero-order valence-corrected chi connectivity index (χ0v) is 19.6. The molecule has 6 nitrogen and oxygen atoms in total. The molecule has 7 heteroatoms. The third-order valence-corrected chi connectivity index (χ3v) is 4.38. The van der Waals surface area contributed by atoms with Crippen LogP contribution in [0.5, 0.6) is 0 Å². The first kappa shape index (κ1) is 24.9. The van der Waals surface area contributed by atoms with Crippen LogP contribution in [-0.2, 0) is 11.3 Å². The number of hydrogen-bond acceptors (Lipinski definition) is 3. The Morgan fingerprint density at radius 3 is 2.38 bits per heavy atom. The second kappa shape index (κ2) is 13.9. The Morgan fingerprint density at radius 1 is 1.07 bits per heavy atom. The topological polar surface area (TPSA) is 74.8 Å². The summed E-state index contributed by atoms with van der Waals surface area (Å²) < 4.78 is 5.88. The number of guanidine groups is 1. The van der Waals surface area contributed by atoms with Gasteiger partial charge in [-0.05, 0) is 36.6 Å². The number of hydrogen-bond donors (Lipinski definition) is 3. The van der Waals surface area contributed by atoms with Crippen LogP contribution in [0, 0.1) is 0 Å². The van der Waals surface area contributed by atoms with Gasteiger partial charge in [-0.1, -0.05) is 42.5 Å². The van der Waals surface area contributed by atoms with E-state index in [0.717, 1.165) is 24.5 Å². The normalized spacial score (nSPS) is 11.9. The minimum Gasteiger partial charge on any atom is -0.374 e. The molecule has 0 saturated heterocycles. The molecule has 0 spiro atoms. The van der Waals surface area contributed by atoms with Crippen LogP contribution < -0.4 is 16.0 Å². The van der Waals surface area contributed by atoms with Gasteiger partial charge < -0.3 is 20.7 Å². The average molecular weight is 510 g/mol. The van der Waals surface area contributed by atoms with Gasteiger partial charge in [0.2, 0.25) is 0 Å². The second-order valence-electron chi connectivity index (χ2n) is 6.41. The van der Waals surface area contributed by atoms with Crippen LogP contribution in [0.2, 0.25) is 0 Å². The number of ether oxygens (including phenoxy) is 1. The van der Waals surface area contributed by atoms with Crippen LogP contribution in [0.15, 0.2) is 59.6 Å². The van der Waals surface area contributed by atoms with Gasteiger partial charge in [-0.3, -0.25) is 9.79 Å². The molecule has 0 bridgehead atoms. The Morgan fingerprint density at radius 2 is 1.76 bits per heavy atom. The SMILES string of the molecule is CN=C(NCCCOC(C)c1ccccc1)NCc1ccc(C(=O)NC)cc1.I. The van der Waals surface area contributed by atoms with E-state index in [0.29, 0.717) is 18.7 Å². The maximum atomic E-state index is 11.6. The van der Waals surface area contributed by atoms with Gasteiger partial charge >= 0.3 is 0 Å². The summed E-state index contributed by atoms with van der Waals surface area (Å²) in [4.78, 5) is 15.8. The number of carbonyl (C=O) groups excluding carboxylic acids is 1. The lowest BCUT2D eigenvalue weighted by Crippen LogP contribution is -2.37. The molecule has 0 heterocycles. The molecular formula is C22H31IN4O2. The first-order valence-electron chi connectivity index (χ1n) is 9.56. The predicted molar refractivity (Wildman–Crippen MR) is 129 cm³/mol. The van der Waals surface area contributed by atoms with Crippen molar-refractivity contribution in [3.63, 3.8) is 0 Å². The molecule has 0 radical (unpaired) electrons. The number of nitrogens with zero attached hydrogens (tertiary/aromatic N) is 1. The number of aliphatic imine (C=N–C) groups is 1. The lowest BCUT2D eigenvalue weighted by molar-refractivity contribution is 0.0646. The van der Waals surface area contributed by atoms with Gasteiger partial charge in [0.05, 0.1) is 6.10 Å². The summed E-state index contributed by atoms with van der Waals surface area (Å²) in [6, 6.07) is 17.7. The molecule has 2 aromatic rings. The standard InChI is InChI=1S/C22H30N4O2.HI/c1-17(19-8-5-4-6-9-19)28-15-7-14-25-22(24-3)26-16-18-10-12-20(13-11-18)21(27)23-2;/h4-6,8-13,17H,7,14-16H2,1-3H3,(H,23,27)(H2,24,25,26);1H. The Bertz CT molecular complexity index is 751. The lowest BCUT2D eigenvalue weighted by Gasteiger charge is -2.15. The molecule has 2 aromatic carbocycles. The summed E-state index contributed by atoms with van der Waals surface area (Å²) in [6.07, 6.45) is 0.981. The minimum atomic E-state index is -0.0826. The van der Waals surface area contributed by atoms with Gasteiger partial charge in [0.1, 0.15) is 0 Å². The van der Waals surface area contributed by atoms with E-state index in [4.69, 9.17) is 4.74 Å². The first-order chi connectivity index (χ1) is 13.6. The number of benzene rings is 2. The van der Waals surface area contributed by atoms with Crippen molar-refractivity contribution in [3.05, 3.63) is 71.3 Å². The molecule has 1 atom stereocenters. The molecule has 29 heavy (non-hydrogen) atoms. The van der Waals surface area contributed by atoms with E-state index in [9.17, 15) is 4.79 Å². The molecule has 0 saturated carbocycles.